The fourth-order valence-corrected chi connectivity index (χ4v) is 4.27. The lowest BCUT2D eigenvalue weighted by atomic mass is 10.1. The van der Waals surface area contributed by atoms with Gasteiger partial charge >= 0.3 is 0 Å². The van der Waals surface area contributed by atoms with E-state index in [0.29, 0.717) is 12.2 Å². The lowest BCUT2D eigenvalue weighted by molar-refractivity contribution is -0.139. The van der Waals surface area contributed by atoms with Crippen molar-refractivity contribution < 1.29 is 18.0 Å². The summed E-state index contributed by atoms with van der Waals surface area (Å²) in [4.78, 5) is 27.3. The Morgan fingerprint density at radius 3 is 2.22 bits per heavy atom. The maximum atomic E-state index is 13.4. The summed E-state index contributed by atoms with van der Waals surface area (Å²) in [5.41, 5.74) is 3.39. The van der Waals surface area contributed by atoms with Crippen molar-refractivity contribution in [3.63, 3.8) is 0 Å². The number of sulfonamides is 1. The molecule has 0 fully saturated rings. The second-order valence-electron chi connectivity index (χ2n) is 7.87. The SMILES string of the molecule is CCNC(=O)C(C)N(Cc1cccc(C)c1)C(=O)CN(c1ccc(CC)cc1)S(C)(=O)=O. The average Bonchev–Trinajstić information content (AvgIpc) is 2.74. The first kappa shape index (κ1) is 25.4. The first-order valence-electron chi connectivity index (χ1n) is 10.8. The minimum atomic E-state index is -3.72. The number of hydrogen-bond acceptors (Lipinski definition) is 4. The van der Waals surface area contributed by atoms with Crippen LogP contribution in [-0.4, -0.2) is 50.5 Å². The molecule has 0 aromatic heterocycles. The molecule has 7 nitrogen and oxygen atoms in total. The van der Waals surface area contributed by atoms with Crippen molar-refractivity contribution in [1.29, 1.82) is 0 Å². The molecule has 1 N–H and O–H groups in total. The van der Waals surface area contributed by atoms with Gasteiger partial charge in [-0.2, -0.15) is 0 Å². The Labute approximate surface area is 191 Å². The van der Waals surface area contributed by atoms with E-state index in [1.807, 2.05) is 57.2 Å². The fraction of sp³-hybridized carbons (Fsp3) is 0.417. The predicted octanol–water partition coefficient (Wildman–Crippen LogP) is 2.88. The van der Waals surface area contributed by atoms with Crippen molar-refractivity contribution in [2.75, 3.05) is 23.7 Å². The van der Waals surface area contributed by atoms with Crippen molar-refractivity contribution in [3.8, 4) is 0 Å². The minimum Gasteiger partial charge on any atom is -0.355 e. The number of benzene rings is 2. The van der Waals surface area contributed by atoms with E-state index in [-0.39, 0.29) is 19.0 Å². The maximum Gasteiger partial charge on any atom is 0.244 e. The highest BCUT2D eigenvalue weighted by molar-refractivity contribution is 7.92. The molecule has 2 aromatic rings. The molecule has 0 saturated heterocycles. The summed E-state index contributed by atoms with van der Waals surface area (Å²) in [6, 6.07) is 14.0. The van der Waals surface area contributed by atoms with E-state index in [4.69, 9.17) is 0 Å². The molecule has 1 unspecified atom stereocenters. The van der Waals surface area contributed by atoms with Crippen molar-refractivity contribution in [2.45, 2.75) is 46.7 Å². The average molecular weight is 460 g/mol. The van der Waals surface area contributed by atoms with Crippen LogP contribution in [0.15, 0.2) is 48.5 Å². The Morgan fingerprint density at radius 1 is 1.03 bits per heavy atom. The predicted molar refractivity (Wildman–Crippen MR) is 128 cm³/mol. The summed E-state index contributed by atoms with van der Waals surface area (Å²) in [5, 5.41) is 2.74. The van der Waals surface area contributed by atoms with Crippen LogP contribution in [0.1, 0.15) is 37.5 Å². The number of carbonyl (C=O) groups excluding carboxylic acids is 2. The molecule has 8 heteroatoms. The first-order valence-corrected chi connectivity index (χ1v) is 12.6. The highest BCUT2D eigenvalue weighted by Gasteiger charge is 2.29. The second kappa shape index (κ2) is 11.1. The van der Waals surface area contributed by atoms with Crippen molar-refractivity contribution in [3.05, 3.63) is 65.2 Å². The van der Waals surface area contributed by atoms with Crippen LogP contribution >= 0.6 is 0 Å². The van der Waals surface area contributed by atoms with Gasteiger partial charge in [0.1, 0.15) is 12.6 Å². The number of aryl methyl sites for hydroxylation is 2. The largest absolute Gasteiger partial charge is 0.355 e. The number of carbonyl (C=O) groups is 2. The van der Waals surface area contributed by atoms with Crippen molar-refractivity contribution in [1.82, 2.24) is 10.2 Å². The van der Waals surface area contributed by atoms with Crippen LogP contribution in [0.4, 0.5) is 5.69 Å². The molecule has 0 heterocycles. The standard InChI is InChI=1S/C24H33N3O4S/c1-6-20-11-13-22(14-12-20)27(32(5,30)31)17-23(28)26(19(4)24(29)25-7-2)16-21-10-8-9-18(3)15-21/h8-15,19H,6-7,16-17H2,1-5H3,(H,25,29). The topological polar surface area (TPSA) is 86.8 Å². The van der Waals surface area contributed by atoms with Gasteiger partial charge in [0.15, 0.2) is 0 Å². The number of likely N-dealkylation sites (N-methyl/N-ethyl adjacent to an activating group) is 1. The van der Waals surface area contributed by atoms with E-state index >= 15 is 0 Å². The third-order valence-electron chi connectivity index (χ3n) is 5.27. The summed E-state index contributed by atoms with van der Waals surface area (Å²) in [7, 11) is -3.72. The summed E-state index contributed by atoms with van der Waals surface area (Å²) < 4.78 is 26.1. The molecule has 0 spiro atoms. The number of nitrogens with one attached hydrogen (secondary N) is 1. The van der Waals surface area contributed by atoms with E-state index in [1.165, 1.54) is 4.90 Å². The highest BCUT2D eigenvalue weighted by Crippen LogP contribution is 2.20. The van der Waals surface area contributed by atoms with E-state index in [0.717, 1.165) is 33.7 Å². The van der Waals surface area contributed by atoms with Crippen molar-refractivity contribution >= 4 is 27.5 Å². The van der Waals surface area contributed by atoms with Gasteiger partial charge in [-0.1, -0.05) is 48.9 Å². The molecule has 2 rings (SSSR count). The molecule has 0 aliphatic heterocycles. The van der Waals surface area contributed by atoms with Gasteiger partial charge in [-0.05, 0) is 50.5 Å². The molecule has 0 aliphatic rings. The number of hydrogen-bond donors (Lipinski definition) is 1. The molecule has 0 saturated carbocycles. The Bertz CT molecular complexity index is 1040. The summed E-state index contributed by atoms with van der Waals surface area (Å²) in [6.45, 7) is 7.68. The molecule has 0 radical (unpaired) electrons. The summed E-state index contributed by atoms with van der Waals surface area (Å²) in [6.07, 6.45) is 1.90. The maximum absolute atomic E-state index is 13.4. The molecular formula is C24H33N3O4S. The lowest BCUT2D eigenvalue weighted by Gasteiger charge is -2.31. The second-order valence-corrected chi connectivity index (χ2v) is 9.78. The van der Waals surface area contributed by atoms with Gasteiger partial charge in [-0.25, -0.2) is 8.42 Å². The van der Waals surface area contributed by atoms with Gasteiger partial charge in [0.2, 0.25) is 21.8 Å². The summed E-state index contributed by atoms with van der Waals surface area (Å²) >= 11 is 0. The zero-order chi connectivity index (χ0) is 23.9. The Kier molecular flexibility index (Phi) is 8.83. The van der Waals surface area contributed by atoms with E-state index in [2.05, 4.69) is 5.32 Å². The smallest absolute Gasteiger partial charge is 0.244 e. The van der Waals surface area contributed by atoms with Gasteiger partial charge < -0.3 is 10.2 Å². The van der Waals surface area contributed by atoms with Gasteiger partial charge in [0.25, 0.3) is 0 Å². The van der Waals surface area contributed by atoms with Gasteiger partial charge in [-0.15, -0.1) is 0 Å². The van der Waals surface area contributed by atoms with Gasteiger partial charge in [0.05, 0.1) is 11.9 Å². The minimum absolute atomic E-state index is 0.200. The molecule has 0 bridgehead atoms. The Morgan fingerprint density at radius 2 is 1.69 bits per heavy atom. The third-order valence-corrected chi connectivity index (χ3v) is 6.41. The van der Waals surface area contributed by atoms with Crippen LogP contribution in [0.25, 0.3) is 0 Å². The van der Waals surface area contributed by atoms with Crippen LogP contribution in [0, 0.1) is 6.92 Å². The highest BCUT2D eigenvalue weighted by atomic mass is 32.2. The van der Waals surface area contributed by atoms with Gasteiger partial charge in [0, 0.05) is 13.1 Å². The Hall–Kier alpha value is -2.87. The van der Waals surface area contributed by atoms with E-state index in [9.17, 15) is 18.0 Å². The normalized spacial score (nSPS) is 12.2. The molecule has 1 atom stereocenters. The molecule has 0 aliphatic carbocycles. The lowest BCUT2D eigenvalue weighted by Crippen LogP contribution is -2.51. The zero-order valence-electron chi connectivity index (χ0n) is 19.5. The van der Waals surface area contributed by atoms with Crippen LogP contribution in [0.3, 0.4) is 0 Å². The third kappa shape index (κ3) is 6.82. The van der Waals surface area contributed by atoms with Crippen LogP contribution < -0.4 is 9.62 Å². The van der Waals surface area contributed by atoms with Crippen LogP contribution in [0.2, 0.25) is 0 Å². The molecule has 2 aromatic carbocycles. The quantitative estimate of drug-likeness (QED) is 0.592. The number of nitrogens with zero attached hydrogens (tertiary/aromatic N) is 2. The fourth-order valence-electron chi connectivity index (χ4n) is 3.42. The van der Waals surface area contributed by atoms with E-state index < -0.39 is 22.0 Å². The van der Waals surface area contributed by atoms with Crippen molar-refractivity contribution in [2.24, 2.45) is 0 Å². The summed E-state index contributed by atoms with van der Waals surface area (Å²) in [5.74, 6) is -0.734. The first-order chi connectivity index (χ1) is 15.1. The molecule has 2 amide bonds. The molecular weight excluding hydrogens is 426 g/mol. The monoisotopic (exact) mass is 459 g/mol. The number of amides is 2. The van der Waals surface area contributed by atoms with Crippen LogP contribution in [-0.2, 0) is 32.6 Å². The number of rotatable bonds is 10. The van der Waals surface area contributed by atoms with Crippen LogP contribution in [0.5, 0.6) is 0 Å². The molecule has 32 heavy (non-hydrogen) atoms. The molecule has 174 valence electrons. The number of anilines is 1. The Balaban J connectivity index is 2.37. The van der Waals surface area contributed by atoms with E-state index in [1.54, 1.807) is 19.1 Å². The zero-order valence-corrected chi connectivity index (χ0v) is 20.3. The van der Waals surface area contributed by atoms with Gasteiger partial charge in [-0.3, -0.25) is 13.9 Å².